The van der Waals surface area contributed by atoms with Gasteiger partial charge in [0, 0.05) is 26.2 Å². The van der Waals surface area contributed by atoms with E-state index in [1.54, 1.807) is 22.8 Å². The molecule has 3 fully saturated rings. The molecule has 1 aromatic carbocycles. The third-order valence-electron chi connectivity index (χ3n) is 8.64. The van der Waals surface area contributed by atoms with Crippen molar-refractivity contribution in [2.45, 2.75) is 82.6 Å². The number of rotatable bonds is 14. The summed E-state index contributed by atoms with van der Waals surface area (Å²) in [5.41, 5.74) is -0.855. The number of likely N-dealkylation sites (tertiary alicyclic amines) is 1. The molecule has 2 unspecified atom stereocenters. The van der Waals surface area contributed by atoms with Crippen molar-refractivity contribution >= 4 is 17.8 Å². The van der Waals surface area contributed by atoms with Crippen molar-refractivity contribution in [2.75, 3.05) is 26.3 Å². The summed E-state index contributed by atoms with van der Waals surface area (Å²) < 4.78 is 12.2. The number of carbonyl (C=O) groups excluding carboxylic acids is 3. The first-order chi connectivity index (χ1) is 18.4. The Morgan fingerprint density at radius 2 is 1.92 bits per heavy atom. The van der Waals surface area contributed by atoms with Gasteiger partial charge in [0.15, 0.2) is 0 Å². The lowest BCUT2D eigenvalue weighted by Crippen LogP contribution is -2.56. The van der Waals surface area contributed by atoms with Crippen LogP contribution in [0.15, 0.2) is 43.0 Å². The first kappa shape index (κ1) is 28.3. The second-order valence-electron chi connectivity index (χ2n) is 10.7. The summed E-state index contributed by atoms with van der Waals surface area (Å²) in [5, 5.41) is 9.14. The predicted molar refractivity (Wildman–Crippen MR) is 143 cm³/mol. The van der Waals surface area contributed by atoms with Crippen molar-refractivity contribution in [1.29, 1.82) is 0 Å². The van der Waals surface area contributed by atoms with E-state index < -0.39 is 35.0 Å². The first-order valence-electron chi connectivity index (χ1n) is 14.1. The summed E-state index contributed by atoms with van der Waals surface area (Å²) in [4.78, 5) is 45.2. The van der Waals surface area contributed by atoms with Crippen LogP contribution in [0, 0.1) is 11.8 Å². The number of hydrogen-bond donors (Lipinski definition) is 1. The normalized spacial score (nSPS) is 29.4. The number of benzene rings is 1. The van der Waals surface area contributed by atoms with Gasteiger partial charge in [0.1, 0.15) is 17.6 Å². The maximum atomic E-state index is 14.4. The van der Waals surface area contributed by atoms with Gasteiger partial charge in [-0.05, 0) is 44.6 Å². The molecule has 5 atom stereocenters. The summed E-state index contributed by atoms with van der Waals surface area (Å²) in [7, 11) is 0. The Morgan fingerprint density at radius 3 is 2.58 bits per heavy atom. The molecule has 0 aromatic heterocycles. The fraction of sp³-hybridized carbons (Fsp3) is 0.633. The van der Waals surface area contributed by atoms with Crippen molar-refractivity contribution in [2.24, 2.45) is 11.8 Å². The SMILES string of the molecule is C=CCN(Cc1ccccc1)C(=O)C1N(CCCCCCO)C(=O)[C@@H]2[C@H](C(=O)OCC)[C@]3(CC)CCC12O3. The molecule has 38 heavy (non-hydrogen) atoms. The Morgan fingerprint density at radius 1 is 1.18 bits per heavy atom. The largest absolute Gasteiger partial charge is 0.466 e. The van der Waals surface area contributed by atoms with E-state index in [4.69, 9.17) is 14.6 Å². The number of hydrogen-bond acceptors (Lipinski definition) is 6. The zero-order valence-electron chi connectivity index (χ0n) is 22.8. The number of esters is 1. The van der Waals surface area contributed by atoms with E-state index in [2.05, 4.69) is 6.58 Å². The van der Waals surface area contributed by atoms with Crippen molar-refractivity contribution in [3.8, 4) is 0 Å². The fourth-order valence-corrected chi connectivity index (χ4v) is 6.94. The molecule has 3 aliphatic heterocycles. The van der Waals surface area contributed by atoms with Gasteiger partial charge in [0.05, 0.1) is 18.1 Å². The maximum Gasteiger partial charge on any atom is 0.312 e. The van der Waals surface area contributed by atoms with Crippen LogP contribution in [-0.2, 0) is 30.4 Å². The molecule has 1 N–H and O–H groups in total. The van der Waals surface area contributed by atoms with Gasteiger partial charge in [-0.3, -0.25) is 14.4 Å². The van der Waals surface area contributed by atoms with E-state index in [1.165, 1.54) is 0 Å². The molecule has 3 aliphatic rings. The van der Waals surface area contributed by atoms with Crippen LogP contribution < -0.4 is 0 Å². The van der Waals surface area contributed by atoms with Crippen LogP contribution in [0.1, 0.15) is 64.4 Å². The standard InChI is InChI=1S/C30H42N2O6/c1-4-18-31(21-22-14-10-9-11-15-22)27(35)25-30-17-16-29(5-2,38-30)24(28(36)37-6-3)23(30)26(34)32(25)19-12-7-8-13-20-33/h4,9-11,14-15,23-25,33H,1,5-8,12-13,16-21H2,2-3H3/t23-,24+,25?,29-,30?/m0/s1. The van der Waals surface area contributed by atoms with E-state index in [9.17, 15) is 14.4 Å². The summed E-state index contributed by atoms with van der Waals surface area (Å²) in [6.07, 6.45) is 6.55. The molecular weight excluding hydrogens is 484 g/mol. The van der Waals surface area contributed by atoms with E-state index in [0.717, 1.165) is 18.4 Å². The Bertz CT molecular complexity index is 1020. The van der Waals surface area contributed by atoms with Gasteiger partial charge in [-0.1, -0.05) is 56.2 Å². The molecule has 0 radical (unpaired) electrons. The first-order valence-corrected chi connectivity index (χ1v) is 14.1. The van der Waals surface area contributed by atoms with E-state index in [0.29, 0.717) is 51.7 Å². The van der Waals surface area contributed by atoms with Crippen LogP contribution in [0.4, 0.5) is 0 Å². The number of aliphatic hydroxyl groups excluding tert-OH is 1. The number of aliphatic hydroxyl groups is 1. The molecule has 0 saturated carbocycles. The molecule has 2 bridgehead atoms. The second-order valence-corrected chi connectivity index (χ2v) is 10.7. The molecule has 208 valence electrons. The zero-order valence-corrected chi connectivity index (χ0v) is 22.8. The lowest BCUT2D eigenvalue weighted by molar-refractivity contribution is -0.161. The van der Waals surface area contributed by atoms with Crippen LogP contribution in [0.5, 0.6) is 0 Å². The third-order valence-corrected chi connectivity index (χ3v) is 8.64. The number of nitrogens with zero attached hydrogens (tertiary/aromatic N) is 2. The Labute approximate surface area is 226 Å². The summed E-state index contributed by atoms with van der Waals surface area (Å²) in [5.74, 6) is -2.21. The molecule has 0 aliphatic carbocycles. The lowest BCUT2D eigenvalue weighted by atomic mass is 9.65. The summed E-state index contributed by atoms with van der Waals surface area (Å²) in [6.45, 7) is 9.11. The highest BCUT2D eigenvalue weighted by Gasteiger charge is 2.79. The van der Waals surface area contributed by atoms with Crippen LogP contribution in [0.25, 0.3) is 0 Å². The predicted octanol–water partition coefficient (Wildman–Crippen LogP) is 3.47. The Kier molecular flexibility index (Phi) is 8.93. The van der Waals surface area contributed by atoms with Crippen LogP contribution in [0.2, 0.25) is 0 Å². The summed E-state index contributed by atoms with van der Waals surface area (Å²) >= 11 is 0. The highest BCUT2D eigenvalue weighted by atomic mass is 16.6. The number of carbonyl (C=O) groups is 3. The monoisotopic (exact) mass is 526 g/mol. The molecule has 2 amide bonds. The molecule has 4 rings (SSSR count). The van der Waals surface area contributed by atoms with E-state index in [-0.39, 0.29) is 25.0 Å². The Hall–Kier alpha value is -2.71. The molecular formula is C30H42N2O6. The average Bonchev–Trinajstić information content (AvgIpc) is 3.52. The number of ether oxygens (including phenoxy) is 2. The van der Waals surface area contributed by atoms with Gasteiger partial charge in [-0.15, -0.1) is 6.58 Å². The second kappa shape index (κ2) is 12.0. The van der Waals surface area contributed by atoms with Crippen LogP contribution in [0.3, 0.4) is 0 Å². The minimum absolute atomic E-state index is 0.138. The molecule has 1 spiro atoms. The minimum Gasteiger partial charge on any atom is -0.466 e. The molecule has 3 heterocycles. The van der Waals surface area contributed by atoms with Crippen LogP contribution >= 0.6 is 0 Å². The van der Waals surface area contributed by atoms with Crippen molar-refractivity contribution in [1.82, 2.24) is 9.80 Å². The molecule has 8 nitrogen and oxygen atoms in total. The highest BCUT2D eigenvalue weighted by molar-refractivity contribution is 5.98. The number of unbranched alkanes of at least 4 members (excludes halogenated alkanes) is 3. The van der Waals surface area contributed by atoms with Crippen LogP contribution in [-0.4, -0.2) is 76.2 Å². The van der Waals surface area contributed by atoms with E-state index >= 15 is 0 Å². The topological polar surface area (TPSA) is 96.4 Å². The molecule has 8 heteroatoms. The number of amides is 2. The van der Waals surface area contributed by atoms with Gasteiger partial charge in [-0.2, -0.15) is 0 Å². The average molecular weight is 527 g/mol. The quantitative estimate of drug-likeness (QED) is 0.227. The number of fused-ring (bicyclic) bond motifs is 1. The maximum absolute atomic E-state index is 14.4. The van der Waals surface area contributed by atoms with Crippen molar-refractivity contribution in [3.63, 3.8) is 0 Å². The Balaban J connectivity index is 1.70. The zero-order chi connectivity index (χ0) is 27.3. The minimum atomic E-state index is -1.05. The smallest absolute Gasteiger partial charge is 0.312 e. The van der Waals surface area contributed by atoms with Gasteiger partial charge in [-0.25, -0.2) is 0 Å². The summed E-state index contributed by atoms with van der Waals surface area (Å²) in [6, 6.07) is 8.96. The van der Waals surface area contributed by atoms with Gasteiger partial charge >= 0.3 is 5.97 Å². The fourth-order valence-electron chi connectivity index (χ4n) is 6.94. The molecule has 3 saturated heterocycles. The third kappa shape index (κ3) is 4.89. The lowest BCUT2D eigenvalue weighted by Gasteiger charge is -2.37. The van der Waals surface area contributed by atoms with Crippen molar-refractivity contribution < 1.29 is 29.0 Å². The van der Waals surface area contributed by atoms with Gasteiger partial charge in [0.2, 0.25) is 11.8 Å². The van der Waals surface area contributed by atoms with Gasteiger partial charge < -0.3 is 24.4 Å². The van der Waals surface area contributed by atoms with Crippen molar-refractivity contribution in [3.05, 3.63) is 48.6 Å². The van der Waals surface area contributed by atoms with Gasteiger partial charge in [0.25, 0.3) is 0 Å². The highest BCUT2D eigenvalue weighted by Crippen LogP contribution is 2.64. The molecule has 1 aromatic rings. The van der Waals surface area contributed by atoms with E-state index in [1.807, 2.05) is 37.3 Å².